The first-order valence-corrected chi connectivity index (χ1v) is 7.35. The van der Waals surface area contributed by atoms with Gasteiger partial charge in [-0.1, -0.05) is 30.3 Å². The quantitative estimate of drug-likeness (QED) is 0.735. The van der Waals surface area contributed by atoms with Crippen LogP contribution in [0.25, 0.3) is 11.3 Å². The van der Waals surface area contributed by atoms with E-state index in [2.05, 4.69) is 22.7 Å². The maximum absolute atomic E-state index is 9.22. The second-order valence-corrected chi connectivity index (χ2v) is 5.27. The molecule has 2 heterocycles. The van der Waals surface area contributed by atoms with Gasteiger partial charge in [-0.3, -0.25) is 0 Å². The molecule has 0 amide bonds. The Bertz CT molecular complexity index is 730. The third-order valence-corrected chi connectivity index (χ3v) is 3.53. The van der Waals surface area contributed by atoms with E-state index in [4.69, 9.17) is 0 Å². The van der Waals surface area contributed by atoms with Gasteiger partial charge in [-0.2, -0.15) is 5.10 Å². The number of nitrogens with one attached hydrogen (secondary N) is 1. The van der Waals surface area contributed by atoms with Gasteiger partial charge < -0.3 is 15.0 Å². The van der Waals surface area contributed by atoms with Gasteiger partial charge >= 0.3 is 0 Å². The van der Waals surface area contributed by atoms with Crippen LogP contribution in [0.5, 0.6) is 0 Å². The molecule has 114 valence electrons. The molecule has 3 rings (SSSR count). The summed E-state index contributed by atoms with van der Waals surface area (Å²) < 4.78 is 3.84. The first-order chi connectivity index (χ1) is 10.8. The number of aromatic nitrogens is 3. The van der Waals surface area contributed by atoms with Crippen LogP contribution in [-0.2, 0) is 20.1 Å². The molecule has 0 fully saturated rings. The van der Waals surface area contributed by atoms with E-state index in [-0.39, 0.29) is 6.61 Å². The van der Waals surface area contributed by atoms with E-state index in [0.717, 1.165) is 23.6 Å². The largest absolute Gasteiger partial charge is 0.394 e. The standard InChI is InChI=1S/C17H20N4O/c1-20-8-7-14(13-20)12-18-17-11-16(19-21(17)9-10-22)15-5-3-2-4-6-15/h2-8,11,13,18,22H,9-10,12H2,1H3. The van der Waals surface area contributed by atoms with Crippen LogP contribution < -0.4 is 5.32 Å². The van der Waals surface area contributed by atoms with Crippen molar-refractivity contribution < 1.29 is 5.11 Å². The fraction of sp³-hybridized carbons (Fsp3) is 0.235. The van der Waals surface area contributed by atoms with E-state index in [9.17, 15) is 5.11 Å². The van der Waals surface area contributed by atoms with Gasteiger partial charge in [-0.15, -0.1) is 0 Å². The Kier molecular flexibility index (Phi) is 4.25. The predicted molar refractivity (Wildman–Crippen MR) is 87.5 cm³/mol. The summed E-state index contributed by atoms with van der Waals surface area (Å²) in [6.07, 6.45) is 4.11. The molecule has 0 bridgehead atoms. The van der Waals surface area contributed by atoms with Crippen LogP contribution in [0.2, 0.25) is 0 Å². The van der Waals surface area contributed by atoms with Crippen LogP contribution >= 0.6 is 0 Å². The Morgan fingerprint density at radius 1 is 1.18 bits per heavy atom. The van der Waals surface area contributed by atoms with Crippen molar-refractivity contribution in [3.05, 3.63) is 60.4 Å². The van der Waals surface area contributed by atoms with Gasteiger partial charge in [0, 0.05) is 37.6 Å². The van der Waals surface area contributed by atoms with Crippen LogP contribution in [0.15, 0.2) is 54.9 Å². The monoisotopic (exact) mass is 296 g/mol. The minimum Gasteiger partial charge on any atom is -0.394 e. The number of aryl methyl sites for hydroxylation is 1. The first-order valence-electron chi connectivity index (χ1n) is 7.35. The molecule has 2 aromatic heterocycles. The highest BCUT2D eigenvalue weighted by atomic mass is 16.3. The van der Waals surface area contributed by atoms with Crippen molar-refractivity contribution in [1.82, 2.24) is 14.3 Å². The molecule has 0 saturated carbocycles. The zero-order valence-electron chi connectivity index (χ0n) is 12.6. The zero-order chi connectivity index (χ0) is 15.4. The van der Waals surface area contributed by atoms with Gasteiger partial charge in [0.05, 0.1) is 18.8 Å². The van der Waals surface area contributed by atoms with Crippen molar-refractivity contribution in [2.75, 3.05) is 11.9 Å². The summed E-state index contributed by atoms with van der Waals surface area (Å²) in [6.45, 7) is 1.27. The van der Waals surface area contributed by atoms with Gasteiger partial charge in [-0.25, -0.2) is 4.68 Å². The van der Waals surface area contributed by atoms with Crippen molar-refractivity contribution in [3.63, 3.8) is 0 Å². The first kappa shape index (κ1) is 14.4. The lowest BCUT2D eigenvalue weighted by molar-refractivity contribution is 0.270. The molecule has 2 N–H and O–H groups in total. The summed E-state index contributed by atoms with van der Waals surface area (Å²) in [5, 5.41) is 17.2. The lowest BCUT2D eigenvalue weighted by Crippen LogP contribution is -2.10. The molecule has 5 nitrogen and oxygen atoms in total. The SMILES string of the molecule is Cn1ccc(CNc2cc(-c3ccccc3)nn2CCO)c1. The van der Waals surface area contributed by atoms with Crippen molar-refractivity contribution in [1.29, 1.82) is 0 Å². The Morgan fingerprint density at radius 2 is 2.00 bits per heavy atom. The average molecular weight is 296 g/mol. The Balaban J connectivity index is 1.81. The van der Waals surface area contributed by atoms with Crippen molar-refractivity contribution in [2.24, 2.45) is 7.05 Å². The van der Waals surface area contributed by atoms with Gasteiger partial charge in [0.1, 0.15) is 5.82 Å². The molecule has 0 aliphatic heterocycles. The number of aliphatic hydroxyl groups excluding tert-OH is 1. The van der Waals surface area contributed by atoms with Crippen LogP contribution in [0.1, 0.15) is 5.56 Å². The number of benzene rings is 1. The van der Waals surface area contributed by atoms with E-state index in [0.29, 0.717) is 6.54 Å². The third kappa shape index (κ3) is 3.20. The highest BCUT2D eigenvalue weighted by molar-refractivity contribution is 5.63. The minimum atomic E-state index is 0.0654. The lowest BCUT2D eigenvalue weighted by atomic mass is 10.1. The molecule has 0 radical (unpaired) electrons. The van der Waals surface area contributed by atoms with E-state index < -0.39 is 0 Å². The van der Waals surface area contributed by atoms with Gasteiger partial charge in [0.15, 0.2) is 0 Å². The number of aliphatic hydroxyl groups is 1. The van der Waals surface area contributed by atoms with Crippen LogP contribution in [0.3, 0.4) is 0 Å². The zero-order valence-corrected chi connectivity index (χ0v) is 12.6. The normalized spacial score (nSPS) is 10.8. The average Bonchev–Trinajstić information content (AvgIpc) is 3.13. The summed E-state index contributed by atoms with van der Waals surface area (Å²) in [6, 6.07) is 14.2. The Labute approximate surface area is 129 Å². The summed E-state index contributed by atoms with van der Waals surface area (Å²) in [5.74, 6) is 0.914. The summed E-state index contributed by atoms with van der Waals surface area (Å²) in [5.41, 5.74) is 3.19. The minimum absolute atomic E-state index is 0.0654. The fourth-order valence-corrected chi connectivity index (χ4v) is 2.43. The van der Waals surface area contributed by atoms with E-state index >= 15 is 0 Å². The lowest BCUT2D eigenvalue weighted by Gasteiger charge is -2.07. The fourth-order valence-electron chi connectivity index (χ4n) is 2.43. The van der Waals surface area contributed by atoms with Crippen molar-refractivity contribution in [3.8, 4) is 11.3 Å². The third-order valence-electron chi connectivity index (χ3n) is 3.53. The van der Waals surface area contributed by atoms with Gasteiger partial charge in [0.2, 0.25) is 0 Å². The van der Waals surface area contributed by atoms with Gasteiger partial charge in [0.25, 0.3) is 0 Å². The molecular formula is C17H20N4O. The van der Waals surface area contributed by atoms with Crippen molar-refractivity contribution >= 4 is 5.82 Å². The Hall–Kier alpha value is -2.53. The van der Waals surface area contributed by atoms with Crippen LogP contribution in [0, 0.1) is 0 Å². The van der Waals surface area contributed by atoms with E-state index in [1.807, 2.05) is 58.9 Å². The molecule has 0 unspecified atom stereocenters. The molecule has 22 heavy (non-hydrogen) atoms. The molecule has 0 atom stereocenters. The number of rotatable bonds is 6. The summed E-state index contributed by atoms with van der Waals surface area (Å²) in [7, 11) is 2.01. The molecule has 1 aromatic carbocycles. The summed E-state index contributed by atoms with van der Waals surface area (Å²) >= 11 is 0. The maximum Gasteiger partial charge on any atom is 0.125 e. The van der Waals surface area contributed by atoms with Gasteiger partial charge in [-0.05, 0) is 11.6 Å². The molecule has 0 spiro atoms. The Morgan fingerprint density at radius 3 is 2.68 bits per heavy atom. The van der Waals surface area contributed by atoms with Crippen LogP contribution in [0.4, 0.5) is 5.82 Å². The molecular weight excluding hydrogens is 276 g/mol. The van der Waals surface area contributed by atoms with Crippen molar-refractivity contribution in [2.45, 2.75) is 13.1 Å². The second kappa shape index (κ2) is 6.49. The predicted octanol–water partition coefficient (Wildman–Crippen LogP) is 2.49. The molecule has 0 saturated heterocycles. The second-order valence-electron chi connectivity index (χ2n) is 5.27. The number of hydrogen-bond acceptors (Lipinski definition) is 3. The summed E-state index contributed by atoms with van der Waals surface area (Å²) in [4.78, 5) is 0. The molecule has 3 aromatic rings. The van der Waals surface area contributed by atoms with E-state index in [1.54, 1.807) is 0 Å². The van der Waals surface area contributed by atoms with Crippen LogP contribution in [-0.4, -0.2) is 26.1 Å². The number of anilines is 1. The topological polar surface area (TPSA) is 55.0 Å². The van der Waals surface area contributed by atoms with E-state index in [1.165, 1.54) is 5.56 Å². The molecule has 0 aliphatic carbocycles. The smallest absolute Gasteiger partial charge is 0.125 e. The highest BCUT2D eigenvalue weighted by Crippen LogP contribution is 2.22. The molecule has 0 aliphatic rings. The number of nitrogens with zero attached hydrogens (tertiary/aromatic N) is 3. The maximum atomic E-state index is 9.22. The number of hydrogen-bond donors (Lipinski definition) is 2. The molecule has 5 heteroatoms. The highest BCUT2D eigenvalue weighted by Gasteiger charge is 2.09.